The molecule has 35 heavy (non-hydrogen) atoms. The summed E-state index contributed by atoms with van der Waals surface area (Å²) < 4.78 is 38.8. The van der Waals surface area contributed by atoms with Crippen LogP contribution in [-0.2, 0) is 14.6 Å². The highest BCUT2D eigenvalue weighted by Gasteiger charge is 2.20. The van der Waals surface area contributed by atoms with Gasteiger partial charge in [-0.25, -0.2) is 8.42 Å². The Bertz CT molecular complexity index is 1370. The van der Waals surface area contributed by atoms with Crippen molar-refractivity contribution in [2.45, 2.75) is 25.9 Å². The number of anilines is 1. The van der Waals surface area contributed by atoms with Crippen molar-refractivity contribution < 1.29 is 22.7 Å². The van der Waals surface area contributed by atoms with Gasteiger partial charge in [0.05, 0.1) is 5.75 Å². The first-order valence-electron chi connectivity index (χ1n) is 10.6. The van der Waals surface area contributed by atoms with Crippen LogP contribution in [0.3, 0.4) is 0 Å². The van der Waals surface area contributed by atoms with E-state index in [9.17, 15) is 18.5 Å². The highest BCUT2D eigenvalue weighted by molar-refractivity contribution is 7.91. The van der Waals surface area contributed by atoms with E-state index in [1.165, 1.54) is 18.6 Å². The number of carbonyl (C=O) groups excluding carboxylic acids is 1. The number of sulfone groups is 1. The molecule has 0 aliphatic rings. The number of nitrogens with one attached hydrogen (secondary N) is 1. The monoisotopic (exact) mass is 512 g/mol. The molecule has 1 N–H and O–H groups in total. The predicted octanol–water partition coefficient (Wildman–Crippen LogP) is 3.95. The standard InChI is InChI=1S/C24H24N4O5S2/c1-4-35(30,31)24-27-23(34-28-24)26-22(29)19(15-25)14-18-6-9-20(10-7-18)32-11-12-33-21-8-5-16(2)17(3)13-21/h5-10,13-14H,4,11-12H2,1-3H3,(H,26,27,28,29)/b19-14-. The molecule has 1 heterocycles. The smallest absolute Gasteiger partial charge is 0.268 e. The lowest BCUT2D eigenvalue weighted by Gasteiger charge is -2.10. The third kappa shape index (κ3) is 7.11. The zero-order chi connectivity index (χ0) is 25.4. The maximum atomic E-state index is 12.4. The van der Waals surface area contributed by atoms with Crippen molar-refractivity contribution in [2.24, 2.45) is 0 Å². The average molecular weight is 513 g/mol. The number of benzene rings is 2. The SMILES string of the molecule is CCS(=O)(=O)c1nsc(NC(=O)/C(C#N)=C\c2ccc(OCCOc3ccc(C)c(C)c3)cc2)n1. The zero-order valence-corrected chi connectivity index (χ0v) is 21.1. The lowest BCUT2D eigenvalue weighted by atomic mass is 10.1. The predicted molar refractivity (Wildman–Crippen MR) is 133 cm³/mol. The van der Waals surface area contributed by atoms with Crippen LogP contribution in [0.4, 0.5) is 5.13 Å². The third-order valence-electron chi connectivity index (χ3n) is 4.94. The molecule has 1 aromatic heterocycles. The fourth-order valence-corrected chi connectivity index (χ4v) is 4.36. The molecule has 0 aliphatic carbocycles. The van der Waals surface area contributed by atoms with Gasteiger partial charge in [0, 0.05) is 11.5 Å². The van der Waals surface area contributed by atoms with Gasteiger partial charge < -0.3 is 9.47 Å². The minimum atomic E-state index is -3.58. The first-order valence-corrected chi connectivity index (χ1v) is 13.1. The summed E-state index contributed by atoms with van der Waals surface area (Å²) in [6, 6.07) is 14.6. The molecule has 0 fully saturated rings. The molecule has 182 valence electrons. The van der Waals surface area contributed by atoms with Gasteiger partial charge in [-0.1, -0.05) is 25.1 Å². The number of carbonyl (C=O) groups is 1. The summed E-state index contributed by atoms with van der Waals surface area (Å²) in [5.41, 5.74) is 2.81. The second-order valence-corrected chi connectivity index (χ2v) is 10.3. The van der Waals surface area contributed by atoms with Crippen LogP contribution in [0.25, 0.3) is 6.08 Å². The molecule has 0 saturated carbocycles. The van der Waals surface area contributed by atoms with Gasteiger partial charge in [0.1, 0.15) is 36.4 Å². The van der Waals surface area contributed by atoms with Crippen LogP contribution < -0.4 is 14.8 Å². The molecule has 11 heteroatoms. The third-order valence-corrected chi connectivity index (χ3v) is 7.19. The van der Waals surface area contributed by atoms with E-state index in [0.29, 0.717) is 24.5 Å². The van der Waals surface area contributed by atoms with E-state index in [1.54, 1.807) is 24.3 Å². The molecule has 0 saturated heterocycles. The van der Waals surface area contributed by atoms with E-state index in [4.69, 9.17) is 9.47 Å². The number of ether oxygens (including phenoxy) is 2. The number of hydrogen-bond donors (Lipinski definition) is 1. The van der Waals surface area contributed by atoms with Crippen molar-refractivity contribution in [3.8, 4) is 17.6 Å². The molecule has 0 spiro atoms. The van der Waals surface area contributed by atoms with Crippen molar-refractivity contribution in [3.63, 3.8) is 0 Å². The Morgan fingerprint density at radius 2 is 1.74 bits per heavy atom. The number of aryl methyl sites for hydroxylation is 2. The van der Waals surface area contributed by atoms with Crippen molar-refractivity contribution in [1.29, 1.82) is 5.26 Å². The number of nitrogens with zero attached hydrogens (tertiary/aromatic N) is 3. The minimum Gasteiger partial charge on any atom is -0.490 e. The Morgan fingerprint density at radius 3 is 2.37 bits per heavy atom. The van der Waals surface area contributed by atoms with Crippen LogP contribution in [0.2, 0.25) is 0 Å². The Morgan fingerprint density at radius 1 is 1.09 bits per heavy atom. The van der Waals surface area contributed by atoms with Crippen LogP contribution in [0.1, 0.15) is 23.6 Å². The van der Waals surface area contributed by atoms with Crippen LogP contribution in [-0.4, -0.2) is 42.6 Å². The van der Waals surface area contributed by atoms with Gasteiger partial charge in [0.15, 0.2) is 0 Å². The second kappa shape index (κ2) is 11.6. The molecule has 2 aromatic carbocycles. The lowest BCUT2D eigenvalue weighted by Crippen LogP contribution is -2.13. The summed E-state index contributed by atoms with van der Waals surface area (Å²) in [6.07, 6.45) is 1.41. The Labute approximate surface area is 208 Å². The fourth-order valence-electron chi connectivity index (χ4n) is 2.78. The van der Waals surface area contributed by atoms with E-state index in [2.05, 4.69) is 14.7 Å². The summed E-state index contributed by atoms with van der Waals surface area (Å²) >= 11 is 0.730. The van der Waals surface area contributed by atoms with E-state index in [1.807, 2.05) is 38.1 Å². The topological polar surface area (TPSA) is 131 Å². The molecule has 0 unspecified atom stereocenters. The molecule has 0 aliphatic heterocycles. The minimum absolute atomic E-state index is 0.00469. The van der Waals surface area contributed by atoms with Crippen molar-refractivity contribution in [3.05, 3.63) is 64.7 Å². The largest absolute Gasteiger partial charge is 0.490 e. The number of amides is 1. The average Bonchev–Trinajstić information content (AvgIpc) is 3.32. The van der Waals surface area contributed by atoms with E-state index >= 15 is 0 Å². The normalized spacial score (nSPS) is 11.5. The van der Waals surface area contributed by atoms with Gasteiger partial charge in [0.25, 0.3) is 11.1 Å². The molecule has 0 bridgehead atoms. The fraction of sp³-hybridized carbons (Fsp3) is 0.250. The van der Waals surface area contributed by atoms with Gasteiger partial charge in [0.2, 0.25) is 15.0 Å². The number of hydrogen-bond acceptors (Lipinski definition) is 9. The second-order valence-electron chi connectivity index (χ2n) is 7.42. The number of nitriles is 1. The Kier molecular flexibility index (Phi) is 8.57. The van der Waals surface area contributed by atoms with Crippen molar-refractivity contribution in [1.82, 2.24) is 9.36 Å². The van der Waals surface area contributed by atoms with Crippen LogP contribution in [0.15, 0.2) is 53.2 Å². The first-order chi connectivity index (χ1) is 16.7. The van der Waals surface area contributed by atoms with Crippen molar-refractivity contribution in [2.75, 3.05) is 24.3 Å². The van der Waals surface area contributed by atoms with Gasteiger partial charge >= 0.3 is 0 Å². The van der Waals surface area contributed by atoms with Gasteiger partial charge in [-0.05, 0) is 60.9 Å². The number of rotatable bonds is 10. The molecule has 3 aromatic rings. The van der Waals surface area contributed by atoms with Gasteiger partial charge in [-0.3, -0.25) is 10.1 Å². The maximum Gasteiger partial charge on any atom is 0.268 e. The zero-order valence-electron chi connectivity index (χ0n) is 19.4. The lowest BCUT2D eigenvalue weighted by molar-refractivity contribution is -0.112. The number of aromatic nitrogens is 2. The van der Waals surface area contributed by atoms with Gasteiger partial charge in [-0.2, -0.15) is 14.6 Å². The van der Waals surface area contributed by atoms with E-state index < -0.39 is 15.7 Å². The van der Waals surface area contributed by atoms with E-state index in [0.717, 1.165) is 22.8 Å². The van der Waals surface area contributed by atoms with Crippen molar-refractivity contribution >= 4 is 38.5 Å². The Hall–Kier alpha value is -3.75. The van der Waals surface area contributed by atoms with Crippen LogP contribution >= 0.6 is 11.5 Å². The molecule has 3 rings (SSSR count). The molecular formula is C24H24N4O5S2. The summed E-state index contributed by atoms with van der Waals surface area (Å²) in [6.45, 7) is 6.29. The highest BCUT2D eigenvalue weighted by atomic mass is 32.2. The maximum absolute atomic E-state index is 12.4. The molecule has 0 radical (unpaired) electrons. The summed E-state index contributed by atoms with van der Waals surface area (Å²) in [4.78, 5) is 16.2. The summed E-state index contributed by atoms with van der Waals surface area (Å²) in [7, 11) is -3.58. The summed E-state index contributed by atoms with van der Waals surface area (Å²) in [5.74, 6) is 0.538. The highest BCUT2D eigenvalue weighted by Crippen LogP contribution is 2.19. The van der Waals surface area contributed by atoms with Crippen LogP contribution in [0, 0.1) is 25.2 Å². The molecular weight excluding hydrogens is 488 g/mol. The molecule has 0 atom stereocenters. The summed E-state index contributed by atoms with van der Waals surface area (Å²) in [5, 5.41) is 11.4. The van der Waals surface area contributed by atoms with Crippen LogP contribution in [0.5, 0.6) is 11.5 Å². The Balaban J connectivity index is 1.54. The molecule has 9 nitrogen and oxygen atoms in total. The van der Waals surface area contributed by atoms with Gasteiger partial charge in [-0.15, -0.1) is 0 Å². The first kappa shape index (κ1) is 25.9. The quantitative estimate of drug-likeness (QED) is 0.245. The van der Waals surface area contributed by atoms with E-state index in [-0.39, 0.29) is 21.6 Å². The molecule has 1 amide bonds.